The van der Waals surface area contributed by atoms with E-state index in [1.807, 2.05) is 11.6 Å². The minimum atomic E-state index is 0.292. The van der Waals surface area contributed by atoms with E-state index in [9.17, 15) is 0 Å². The van der Waals surface area contributed by atoms with Gasteiger partial charge in [0.15, 0.2) is 0 Å². The van der Waals surface area contributed by atoms with Crippen LogP contribution in [0, 0.1) is 12.8 Å². The number of hydrogen-bond acceptors (Lipinski definition) is 3. The van der Waals surface area contributed by atoms with Crippen molar-refractivity contribution in [1.29, 1.82) is 0 Å². The summed E-state index contributed by atoms with van der Waals surface area (Å²) in [4.78, 5) is 0. The molecule has 2 rings (SSSR count). The van der Waals surface area contributed by atoms with E-state index in [1.54, 1.807) is 7.11 Å². The molecule has 1 aromatic heterocycles. The molecule has 1 aliphatic rings. The van der Waals surface area contributed by atoms with Gasteiger partial charge in [0, 0.05) is 7.11 Å². The summed E-state index contributed by atoms with van der Waals surface area (Å²) in [5.74, 6) is 1.39. The van der Waals surface area contributed by atoms with Gasteiger partial charge in [0.25, 0.3) is 0 Å². The van der Waals surface area contributed by atoms with Gasteiger partial charge in [-0.2, -0.15) is 5.10 Å². The lowest BCUT2D eigenvalue weighted by Crippen LogP contribution is -2.19. The molecular weight excluding hydrogens is 258 g/mol. The molecule has 0 aliphatic heterocycles. The van der Waals surface area contributed by atoms with Crippen LogP contribution in [0.4, 0.5) is 5.82 Å². The van der Waals surface area contributed by atoms with Crippen LogP contribution in [0.25, 0.3) is 0 Å². The van der Waals surface area contributed by atoms with Gasteiger partial charge in [-0.05, 0) is 41.6 Å². The molecule has 1 aliphatic carbocycles. The molecule has 0 aromatic carbocycles. The van der Waals surface area contributed by atoms with Gasteiger partial charge in [0.05, 0.1) is 22.8 Å². The van der Waals surface area contributed by atoms with Crippen molar-refractivity contribution < 1.29 is 4.74 Å². The zero-order valence-corrected chi connectivity index (χ0v) is 10.6. The van der Waals surface area contributed by atoms with Crippen LogP contribution < -0.4 is 5.73 Å². The molecular formula is C10H16BrN3O. The van der Waals surface area contributed by atoms with E-state index in [2.05, 4.69) is 21.0 Å². The normalized spacial score (nSPS) is 18.1. The number of halogens is 1. The molecule has 2 N–H and O–H groups in total. The molecule has 1 heterocycles. The molecule has 1 saturated carbocycles. The molecule has 0 radical (unpaired) electrons. The Balaban J connectivity index is 2.28. The van der Waals surface area contributed by atoms with Gasteiger partial charge in [-0.3, -0.25) is 0 Å². The number of nitrogens with two attached hydrogens (primary N) is 1. The highest BCUT2D eigenvalue weighted by molar-refractivity contribution is 9.10. The number of aromatic nitrogens is 2. The van der Waals surface area contributed by atoms with E-state index in [0.717, 1.165) is 10.2 Å². The lowest BCUT2D eigenvalue weighted by atomic mass is 10.2. The van der Waals surface area contributed by atoms with Crippen LogP contribution >= 0.6 is 15.9 Å². The highest BCUT2D eigenvalue weighted by atomic mass is 79.9. The smallest absolute Gasteiger partial charge is 0.136 e. The molecule has 84 valence electrons. The van der Waals surface area contributed by atoms with Crippen molar-refractivity contribution >= 4 is 21.7 Å². The Morgan fingerprint density at radius 3 is 2.73 bits per heavy atom. The molecule has 0 bridgehead atoms. The molecule has 1 fully saturated rings. The fourth-order valence-corrected chi connectivity index (χ4v) is 2.12. The summed E-state index contributed by atoms with van der Waals surface area (Å²) in [6.45, 7) is 2.64. The summed E-state index contributed by atoms with van der Waals surface area (Å²) in [5.41, 5.74) is 6.94. The maximum atomic E-state index is 6.00. The third-order valence-electron chi connectivity index (χ3n) is 2.86. The predicted octanol–water partition coefficient (Wildman–Crippen LogP) is 2.13. The van der Waals surface area contributed by atoms with Crippen LogP contribution in [0.5, 0.6) is 0 Å². The first-order valence-electron chi connectivity index (χ1n) is 5.14. The van der Waals surface area contributed by atoms with Gasteiger partial charge in [-0.15, -0.1) is 0 Å². The number of methoxy groups -OCH3 is 1. The van der Waals surface area contributed by atoms with Gasteiger partial charge >= 0.3 is 0 Å². The Labute approximate surface area is 97.9 Å². The number of rotatable bonds is 4. The Bertz CT molecular complexity index is 360. The summed E-state index contributed by atoms with van der Waals surface area (Å²) < 4.78 is 8.04. The Kier molecular flexibility index (Phi) is 3.02. The van der Waals surface area contributed by atoms with Crippen molar-refractivity contribution in [3.8, 4) is 0 Å². The fraction of sp³-hybridized carbons (Fsp3) is 0.700. The first-order chi connectivity index (χ1) is 7.15. The average Bonchev–Trinajstić information content (AvgIpc) is 3.00. The summed E-state index contributed by atoms with van der Waals surface area (Å²) in [6.07, 6.45) is 2.51. The van der Waals surface area contributed by atoms with Gasteiger partial charge in [-0.1, -0.05) is 0 Å². The molecule has 15 heavy (non-hydrogen) atoms. The number of aryl methyl sites for hydroxylation is 1. The fourth-order valence-electron chi connectivity index (χ4n) is 1.86. The van der Waals surface area contributed by atoms with E-state index >= 15 is 0 Å². The van der Waals surface area contributed by atoms with Gasteiger partial charge < -0.3 is 10.5 Å². The summed E-state index contributed by atoms with van der Waals surface area (Å²) in [7, 11) is 1.72. The standard InChI is InChI=1S/C10H16BrN3O/c1-6-9(11)10(12)14(13-6)8(5-15-2)7-3-4-7/h7-8H,3-5,12H2,1-2H3. The zero-order chi connectivity index (χ0) is 11.0. The van der Waals surface area contributed by atoms with Crippen molar-refractivity contribution in [3.05, 3.63) is 10.2 Å². The van der Waals surface area contributed by atoms with Crippen LogP contribution in [-0.2, 0) is 4.74 Å². The van der Waals surface area contributed by atoms with Gasteiger partial charge in [0.1, 0.15) is 5.82 Å². The van der Waals surface area contributed by atoms with E-state index < -0.39 is 0 Å². The van der Waals surface area contributed by atoms with Crippen molar-refractivity contribution in [2.24, 2.45) is 5.92 Å². The van der Waals surface area contributed by atoms with E-state index in [4.69, 9.17) is 10.5 Å². The minimum absolute atomic E-state index is 0.292. The topological polar surface area (TPSA) is 53.1 Å². The maximum Gasteiger partial charge on any atom is 0.136 e. The van der Waals surface area contributed by atoms with Crippen LogP contribution in [0.3, 0.4) is 0 Å². The monoisotopic (exact) mass is 273 g/mol. The molecule has 4 nitrogen and oxygen atoms in total. The van der Waals surface area contributed by atoms with Crippen molar-refractivity contribution in [2.75, 3.05) is 19.5 Å². The molecule has 0 saturated heterocycles. The lowest BCUT2D eigenvalue weighted by Gasteiger charge is -2.17. The van der Waals surface area contributed by atoms with Crippen molar-refractivity contribution in [2.45, 2.75) is 25.8 Å². The molecule has 0 spiro atoms. The third-order valence-corrected chi connectivity index (χ3v) is 3.84. The molecule has 5 heteroatoms. The lowest BCUT2D eigenvalue weighted by molar-refractivity contribution is 0.140. The van der Waals surface area contributed by atoms with E-state index in [1.165, 1.54) is 12.8 Å². The van der Waals surface area contributed by atoms with Crippen molar-refractivity contribution in [1.82, 2.24) is 9.78 Å². The van der Waals surface area contributed by atoms with E-state index in [0.29, 0.717) is 24.4 Å². The third kappa shape index (κ3) is 2.03. The summed E-state index contributed by atoms with van der Waals surface area (Å²) in [5, 5.41) is 4.45. The summed E-state index contributed by atoms with van der Waals surface area (Å²) >= 11 is 3.44. The number of anilines is 1. The highest BCUT2D eigenvalue weighted by Gasteiger charge is 2.34. The Morgan fingerprint density at radius 2 is 2.33 bits per heavy atom. The van der Waals surface area contributed by atoms with Crippen LogP contribution in [0.15, 0.2) is 4.47 Å². The van der Waals surface area contributed by atoms with Crippen LogP contribution in [-0.4, -0.2) is 23.5 Å². The van der Waals surface area contributed by atoms with Crippen LogP contribution in [0.2, 0.25) is 0 Å². The molecule has 1 unspecified atom stereocenters. The van der Waals surface area contributed by atoms with Crippen molar-refractivity contribution in [3.63, 3.8) is 0 Å². The first-order valence-corrected chi connectivity index (χ1v) is 5.93. The average molecular weight is 274 g/mol. The van der Waals surface area contributed by atoms with E-state index in [-0.39, 0.29) is 0 Å². The Hall–Kier alpha value is -0.550. The number of nitrogens with zero attached hydrogens (tertiary/aromatic N) is 2. The number of hydrogen-bond donors (Lipinski definition) is 1. The summed E-state index contributed by atoms with van der Waals surface area (Å²) in [6, 6.07) is 0.292. The molecule has 1 atom stereocenters. The van der Waals surface area contributed by atoms with Gasteiger partial charge in [-0.25, -0.2) is 4.68 Å². The van der Waals surface area contributed by atoms with Gasteiger partial charge in [0.2, 0.25) is 0 Å². The minimum Gasteiger partial charge on any atom is -0.383 e. The second-order valence-corrected chi connectivity index (χ2v) is 4.88. The Morgan fingerprint density at radius 1 is 1.67 bits per heavy atom. The SMILES string of the molecule is COCC(C1CC1)n1nc(C)c(Br)c1N. The maximum absolute atomic E-state index is 6.00. The zero-order valence-electron chi connectivity index (χ0n) is 9.03. The quantitative estimate of drug-likeness (QED) is 0.915. The molecule has 1 aromatic rings. The largest absolute Gasteiger partial charge is 0.383 e. The predicted molar refractivity (Wildman–Crippen MR) is 62.7 cm³/mol. The second kappa shape index (κ2) is 4.14. The number of ether oxygens (including phenoxy) is 1. The number of nitrogen functional groups attached to an aromatic ring is 1. The second-order valence-electron chi connectivity index (χ2n) is 4.09. The molecule has 0 amide bonds. The van der Waals surface area contributed by atoms with Crippen LogP contribution in [0.1, 0.15) is 24.6 Å². The highest BCUT2D eigenvalue weighted by Crippen LogP contribution is 2.41. The first kappa shape index (κ1) is 11.0.